The molecule has 0 spiro atoms. The monoisotopic (exact) mass is 435 g/mol. The Kier molecular flexibility index (Phi) is 5.00. The van der Waals surface area contributed by atoms with Crippen molar-refractivity contribution in [2.24, 2.45) is 5.92 Å². The lowest BCUT2D eigenvalue weighted by Crippen LogP contribution is -2.57. The van der Waals surface area contributed by atoms with Crippen molar-refractivity contribution in [1.29, 1.82) is 0 Å². The fraction of sp³-hybridized carbons (Fsp3) is 0.280. The van der Waals surface area contributed by atoms with Gasteiger partial charge in [-0.3, -0.25) is 9.59 Å². The maximum Gasteiger partial charge on any atom is 0.231 e. The zero-order valence-corrected chi connectivity index (χ0v) is 18.0. The summed E-state index contributed by atoms with van der Waals surface area (Å²) in [4.78, 5) is 26.5. The summed E-state index contributed by atoms with van der Waals surface area (Å²) < 4.78 is 0. The Morgan fingerprint density at radius 2 is 1.77 bits per heavy atom. The second kappa shape index (κ2) is 7.68. The number of hydrogen-bond donors (Lipinski definition) is 1. The molecule has 152 valence electrons. The van der Waals surface area contributed by atoms with Gasteiger partial charge in [0.2, 0.25) is 5.91 Å². The molecule has 1 saturated heterocycles. The summed E-state index contributed by atoms with van der Waals surface area (Å²) in [7, 11) is 0. The van der Waals surface area contributed by atoms with E-state index in [0.717, 1.165) is 16.7 Å². The van der Waals surface area contributed by atoms with Gasteiger partial charge in [-0.1, -0.05) is 54.1 Å². The molecular formula is C25H22ClNO2S. The highest BCUT2D eigenvalue weighted by molar-refractivity contribution is 7.08. The Hall–Kier alpha value is -2.43. The molecule has 2 aliphatic rings. The number of halogens is 1. The van der Waals surface area contributed by atoms with E-state index in [1.165, 1.54) is 18.4 Å². The number of Topliss-reactive ketones (excluding diaryl/α,β-unsaturated/α-hetero) is 1. The topological polar surface area (TPSA) is 46.2 Å². The van der Waals surface area contributed by atoms with Crippen LogP contribution in [0.5, 0.6) is 0 Å². The Labute approximate surface area is 185 Å². The largest absolute Gasteiger partial charge is 0.341 e. The van der Waals surface area contributed by atoms with Crippen molar-refractivity contribution in [1.82, 2.24) is 5.32 Å². The van der Waals surface area contributed by atoms with Gasteiger partial charge in [-0.05, 0) is 70.3 Å². The smallest absolute Gasteiger partial charge is 0.231 e. The van der Waals surface area contributed by atoms with Crippen LogP contribution in [0, 0.1) is 5.92 Å². The molecule has 1 aliphatic heterocycles. The van der Waals surface area contributed by atoms with Gasteiger partial charge in [-0.15, -0.1) is 0 Å². The molecule has 5 heteroatoms. The van der Waals surface area contributed by atoms with E-state index in [2.05, 4.69) is 29.6 Å². The summed E-state index contributed by atoms with van der Waals surface area (Å²) in [5.74, 6) is -0.332. The van der Waals surface area contributed by atoms with Gasteiger partial charge >= 0.3 is 0 Å². The number of ketones is 1. The summed E-state index contributed by atoms with van der Waals surface area (Å²) in [5.41, 5.74) is 3.27. The van der Waals surface area contributed by atoms with Gasteiger partial charge in [-0.25, -0.2) is 0 Å². The minimum Gasteiger partial charge on any atom is -0.341 e. The third kappa shape index (κ3) is 3.48. The van der Waals surface area contributed by atoms with Crippen LogP contribution in [0.25, 0.3) is 0 Å². The zero-order chi connectivity index (χ0) is 20.7. The van der Waals surface area contributed by atoms with Crippen LogP contribution in [0.15, 0.2) is 65.4 Å². The fourth-order valence-corrected chi connectivity index (χ4v) is 5.38. The van der Waals surface area contributed by atoms with Crippen LogP contribution in [0.3, 0.4) is 0 Å². The van der Waals surface area contributed by atoms with E-state index in [1.807, 2.05) is 35.0 Å². The van der Waals surface area contributed by atoms with E-state index in [-0.39, 0.29) is 18.1 Å². The average Bonchev–Trinajstić information content (AvgIpc) is 3.45. The number of amides is 1. The van der Waals surface area contributed by atoms with Crippen LogP contribution < -0.4 is 5.32 Å². The Morgan fingerprint density at radius 3 is 2.40 bits per heavy atom. The number of nitrogens with one attached hydrogen (secondary N) is 1. The summed E-state index contributed by atoms with van der Waals surface area (Å²) in [6.07, 6.45) is 3.06. The number of rotatable bonds is 5. The molecule has 3 aromatic rings. The highest BCUT2D eigenvalue weighted by atomic mass is 35.5. The third-order valence-electron chi connectivity index (χ3n) is 6.33. The van der Waals surface area contributed by atoms with Crippen LogP contribution in [0.4, 0.5) is 0 Å². The lowest BCUT2D eigenvalue weighted by Gasteiger charge is -2.40. The Bertz CT molecular complexity index is 1070. The third-order valence-corrected chi connectivity index (χ3v) is 7.38. The molecule has 1 amide bonds. The normalized spacial score (nSPS) is 24.0. The van der Waals surface area contributed by atoms with E-state index in [4.69, 9.17) is 11.6 Å². The number of hydrogen-bond acceptors (Lipinski definition) is 3. The molecule has 3 nitrogen and oxygen atoms in total. The van der Waals surface area contributed by atoms with Gasteiger partial charge < -0.3 is 5.32 Å². The minimum absolute atomic E-state index is 0.0452. The number of piperidine rings is 1. The van der Waals surface area contributed by atoms with Gasteiger partial charge in [0.15, 0.2) is 0 Å². The summed E-state index contributed by atoms with van der Waals surface area (Å²) >= 11 is 7.85. The van der Waals surface area contributed by atoms with E-state index in [9.17, 15) is 9.59 Å². The van der Waals surface area contributed by atoms with Crippen LogP contribution in [-0.4, -0.2) is 11.7 Å². The number of benzene rings is 2. The van der Waals surface area contributed by atoms with Crippen LogP contribution in [-0.2, 0) is 21.5 Å². The Morgan fingerprint density at radius 1 is 1.00 bits per heavy atom. The van der Waals surface area contributed by atoms with Crippen molar-refractivity contribution in [3.8, 4) is 0 Å². The van der Waals surface area contributed by atoms with E-state index in [1.54, 1.807) is 17.4 Å². The quantitative estimate of drug-likeness (QED) is 0.540. The van der Waals surface area contributed by atoms with Crippen LogP contribution in [0.1, 0.15) is 47.4 Å². The lowest BCUT2D eigenvalue weighted by atomic mass is 9.73. The molecule has 1 aromatic heterocycles. The van der Waals surface area contributed by atoms with Gasteiger partial charge in [0.1, 0.15) is 11.7 Å². The first-order valence-corrected chi connectivity index (χ1v) is 11.6. The Balaban J connectivity index is 1.48. The van der Waals surface area contributed by atoms with Crippen LogP contribution >= 0.6 is 22.9 Å². The van der Waals surface area contributed by atoms with Crippen molar-refractivity contribution < 1.29 is 9.59 Å². The maximum absolute atomic E-state index is 13.3. The highest BCUT2D eigenvalue weighted by Gasteiger charge is 2.47. The van der Waals surface area contributed by atoms with Crippen LogP contribution in [0.2, 0.25) is 5.02 Å². The molecule has 0 bridgehead atoms. The lowest BCUT2D eigenvalue weighted by molar-refractivity contribution is -0.140. The predicted octanol–water partition coefficient (Wildman–Crippen LogP) is 5.47. The van der Waals surface area contributed by atoms with Gasteiger partial charge in [0.25, 0.3) is 0 Å². The first-order valence-electron chi connectivity index (χ1n) is 10.3. The van der Waals surface area contributed by atoms with Crippen molar-refractivity contribution in [2.45, 2.75) is 37.1 Å². The average molecular weight is 436 g/mol. The number of thiophene rings is 1. The molecule has 2 fully saturated rings. The summed E-state index contributed by atoms with van der Waals surface area (Å²) in [6.45, 7) is 0. The molecule has 0 radical (unpaired) electrons. The number of carbonyl (C=O) groups excluding carboxylic acids is 2. The molecule has 2 aromatic carbocycles. The van der Waals surface area contributed by atoms with E-state index < -0.39 is 11.5 Å². The molecular weight excluding hydrogens is 414 g/mol. The van der Waals surface area contributed by atoms with Gasteiger partial charge in [0, 0.05) is 11.4 Å². The fourth-order valence-electron chi connectivity index (χ4n) is 4.44. The van der Waals surface area contributed by atoms with Crippen molar-refractivity contribution >= 4 is 34.6 Å². The first-order chi connectivity index (χ1) is 14.6. The maximum atomic E-state index is 13.3. The van der Waals surface area contributed by atoms with Crippen molar-refractivity contribution in [2.75, 3.05) is 0 Å². The SMILES string of the molecule is O=C1CC(c2ccc(C3CC3)cc2)(c2ccsc2)NC(=O)C1Cc1ccccc1Cl. The van der Waals surface area contributed by atoms with E-state index in [0.29, 0.717) is 17.4 Å². The van der Waals surface area contributed by atoms with E-state index >= 15 is 0 Å². The first kappa shape index (κ1) is 19.5. The molecule has 1 saturated carbocycles. The minimum atomic E-state index is -0.812. The molecule has 1 N–H and O–H groups in total. The summed E-state index contributed by atoms with van der Waals surface area (Å²) in [5, 5.41) is 7.84. The molecule has 2 heterocycles. The van der Waals surface area contributed by atoms with Gasteiger partial charge in [-0.2, -0.15) is 11.3 Å². The molecule has 30 heavy (non-hydrogen) atoms. The molecule has 2 unspecified atom stereocenters. The summed E-state index contributed by atoms with van der Waals surface area (Å²) in [6, 6.07) is 17.8. The second-order valence-electron chi connectivity index (χ2n) is 8.29. The van der Waals surface area contributed by atoms with Gasteiger partial charge in [0.05, 0.1) is 5.54 Å². The van der Waals surface area contributed by atoms with Crippen molar-refractivity contribution in [3.05, 3.63) is 92.6 Å². The van der Waals surface area contributed by atoms with Crippen molar-refractivity contribution in [3.63, 3.8) is 0 Å². The zero-order valence-electron chi connectivity index (χ0n) is 16.4. The number of carbonyl (C=O) groups is 2. The predicted molar refractivity (Wildman–Crippen MR) is 120 cm³/mol. The molecule has 5 rings (SSSR count). The second-order valence-corrected chi connectivity index (χ2v) is 9.48. The molecule has 2 atom stereocenters. The standard InChI is InChI=1S/C25H22ClNO2S/c26-22-4-2-1-3-18(22)13-21-23(28)14-25(27-24(21)29,20-11-12-30-15-20)19-9-7-17(8-10-19)16-5-6-16/h1-4,7-12,15-16,21H,5-6,13-14H2,(H,27,29). The molecule has 1 aliphatic carbocycles. The highest BCUT2D eigenvalue weighted by Crippen LogP contribution is 2.43.